The van der Waals surface area contributed by atoms with Crippen molar-refractivity contribution in [2.45, 2.75) is 13.0 Å². The van der Waals surface area contributed by atoms with E-state index < -0.39 is 0 Å². The van der Waals surface area contributed by atoms with Gasteiger partial charge in [-0.15, -0.1) is 11.3 Å². The lowest BCUT2D eigenvalue weighted by Crippen LogP contribution is -2.21. The molecule has 0 amide bonds. The summed E-state index contributed by atoms with van der Waals surface area (Å²) in [5, 5.41) is 12.2. The molecule has 122 valence electrons. The molecule has 0 bridgehead atoms. The lowest BCUT2D eigenvalue weighted by atomic mass is 10.1. The van der Waals surface area contributed by atoms with Crippen LogP contribution >= 0.6 is 11.3 Å². The SMILES string of the molecule is COC(=O)c1cccc(-c2nc(CN3CCC(CO)C3)cs2)c1. The second-order valence-corrected chi connectivity index (χ2v) is 6.65. The van der Waals surface area contributed by atoms with E-state index in [9.17, 15) is 9.90 Å². The molecule has 1 aromatic heterocycles. The Labute approximate surface area is 139 Å². The first-order valence-corrected chi connectivity index (χ1v) is 8.54. The molecule has 1 aliphatic heterocycles. The van der Waals surface area contributed by atoms with Gasteiger partial charge in [0.1, 0.15) is 5.01 Å². The molecule has 0 saturated carbocycles. The summed E-state index contributed by atoms with van der Waals surface area (Å²) < 4.78 is 4.76. The molecule has 5 nitrogen and oxygen atoms in total. The van der Waals surface area contributed by atoms with Crippen LogP contribution in [0.15, 0.2) is 29.6 Å². The Bertz CT molecular complexity index is 686. The molecule has 2 aromatic rings. The molecule has 1 atom stereocenters. The summed E-state index contributed by atoms with van der Waals surface area (Å²) in [5.74, 6) is 0.0561. The number of aliphatic hydroxyl groups is 1. The van der Waals surface area contributed by atoms with Crippen molar-refractivity contribution >= 4 is 17.3 Å². The van der Waals surface area contributed by atoms with E-state index in [2.05, 4.69) is 15.3 Å². The summed E-state index contributed by atoms with van der Waals surface area (Å²) in [4.78, 5) is 18.6. The Kier molecular flexibility index (Phi) is 5.05. The van der Waals surface area contributed by atoms with Gasteiger partial charge in [0.15, 0.2) is 0 Å². The first-order chi connectivity index (χ1) is 11.2. The number of likely N-dealkylation sites (tertiary alicyclic amines) is 1. The van der Waals surface area contributed by atoms with Crippen LogP contribution in [-0.2, 0) is 11.3 Å². The van der Waals surface area contributed by atoms with Crippen molar-refractivity contribution in [1.82, 2.24) is 9.88 Å². The number of ether oxygens (including phenoxy) is 1. The Morgan fingerprint density at radius 3 is 3.13 bits per heavy atom. The molecule has 0 aliphatic carbocycles. The van der Waals surface area contributed by atoms with Gasteiger partial charge in [-0.3, -0.25) is 4.90 Å². The smallest absolute Gasteiger partial charge is 0.337 e. The first-order valence-electron chi connectivity index (χ1n) is 7.66. The molecule has 1 aliphatic rings. The molecule has 1 saturated heterocycles. The molecule has 0 radical (unpaired) electrons. The normalized spacial score (nSPS) is 18.3. The number of hydrogen-bond donors (Lipinski definition) is 1. The standard InChI is InChI=1S/C17H20N2O3S/c1-22-17(21)14-4-2-3-13(7-14)16-18-15(11-23-16)9-19-6-5-12(8-19)10-20/h2-4,7,11-12,20H,5-6,8-10H2,1H3. The second kappa shape index (κ2) is 7.21. The van der Waals surface area contributed by atoms with Crippen LogP contribution in [-0.4, -0.2) is 47.8 Å². The minimum absolute atomic E-state index is 0.263. The number of carbonyl (C=O) groups is 1. The fourth-order valence-corrected chi connectivity index (χ4v) is 3.65. The Morgan fingerprint density at radius 2 is 2.39 bits per heavy atom. The van der Waals surface area contributed by atoms with Crippen LogP contribution < -0.4 is 0 Å². The van der Waals surface area contributed by atoms with Gasteiger partial charge in [0.2, 0.25) is 0 Å². The minimum Gasteiger partial charge on any atom is -0.465 e. The van der Waals surface area contributed by atoms with Crippen molar-refractivity contribution in [3.8, 4) is 10.6 Å². The first kappa shape index (κ1) is 16.1. The topological polar surface area (TPSA) is 62.7 Å². The number of rotatable bonds is 5. The van der Waals surface area contributed by atoms with Gasteiger partial charge in [0.05, 0.1) is 18.4 Å². The number of carbonyl (C=O) groups excluding carboxylic acids is 1. The van der Waals surface area contributed by atoms with Gasteiger partial charge < -0.3 is 9.84 Å². The molecule has 6 heteroatoms. The molecule has 1 N–H and O–H groups in total. The largest absolute Gasteiger partial charge is 0.465 e. The Morgan fingerprint density at radius 1 is 1.52 bits per heavy atom. The average Bonchev–Trinajstić information content (AvgIpc) is 3.24. The number of hydrogen-bond acceptors (Lipinski definition) is 6. The summed E-state index contributed by atoms with van der Waals surface area (Å²) in [7, 11) is 1.38. The van der Waals surface area contributed by atoms with Gasteiger partial charge in [-0.25, -0.2) is 9.78 Å². The summed E-state index contributed by atoms with van der Waals surface area (Å²) >= 11 is 1.58. The highest BCUT2D eigenvalue weighted by atomic mass is 32.1. The number of nitrogens with zero attached hydrogens (tertiary/aromatic N) is 2. The van der Waals surface area contributed by atoms with Crippen LogP contribution in [0, 0.1) is 5.92 Å². The number of esters is 1. The molecular formula is C17H20N2O3S. The van der Waals surface area contributed by atoms with Crippen molar-refractivity contribution in [2.75, 3.05) is 26.8 Å². The number of aliphatic hydroxyl groups excluding tert-OH is 1. The predicted octanol–water partition coefficient (Wildman–Crippen LogP) is 2.41. The quantitative estimate of drug-likeness (QED) is 0.852. The number of thiazole rings is 1. The van der Waals surface area contributed by atoms with Crippen LogP contribution in [0.4, 0.5) is 0 Å². The van der Waals surface area contributed by atoms with Gasteiger partial charge in [-0.1, -0.05) is 12.1 Å². The van der Waals surface area contributed by atoms with E-state index in [-0.39, 0.29) is 12.6 Å². The van der Waals surface area contributed by atoms with Crippen molar-refractivity contribution in [2.24, 2.45) is 5.92 Å². The average molecular weight is 332 g/mol. The maximum Gasteiger partial charge on any atom is 0.337 e. The van der Waals surface area contributed by atoms with Crippen molar-refractivity contribution in [3.63, 3.8) is 0 Å². The van der Waals surface area contributed by atoms with Crippen LogP contribution in [0.25, 0.3) is 10.6 Å². The molecule has 0 spiro atoms. The molecule has 23 heavy (non-hydrogen) atoms. The zero-order valence-corrected chi connectivity index (χ0v) is 13.9. The van der Waals surface area contributed by atoms with Crippen molar-refractivity contribution in [3.05, 3.63) is 40.9 Å². The Balaban J connectivity index is 1.71. The zero-order chi connectivity index (χ0) is 16.2. The fraction of sp³-hybridized carbons (Fsp3) is 0.412. The predicted molar refractivity (Wildman–Crippen MR) is 89.4 cm³/mol. The van der Waals surface area contributed by atoms with Crippen LogP contribution in [0.2, 0.25) is 0 Å². The van der Waals surface area contributed by atoms with Crippen LogP contribution in [0.5, 0.6) is 0 Å². The maximum absolute atomic E-state index is 11.6. The van der Waals surface area contributed by atoms with Gasteiger partial charge in [0.25, 0.3) is 0 Å². The third kappa shape index (κ3) is 3.77. The Hall–Kier alpha value is -1.76. The van der Waals surface area contributed by atoms with Gasteiger partial charge >= 0.3 is 5.97 Å². The highest BCUT2D eigenvalue weighted by Crippen LogP contribution is 2.26. The summed E-state index contributed by atoms with van der Waals surface area (Å²) in [6, 6.07) is 7.34. The number of aromatic nitrogens is 1. The van der Waals surface area contributed by atoms with Gasteiger partial charge in [-0.2, -0.15) is 0 Å². The van der Waals surface area contributed by atoms with Gasteiger partial charge in [0, 0.05) is 30.6 Å². The molecule has 2 heterocycles. The van der Waals surface area contributed by atoms with E-state index in [1.54, 1.807) is 17.4 Å². The molecule has 3 rings (SSSR count). The third-order valence-corrected chi connectivity index (χ3v) is 5.04. The zero-order valence-electron chi connectivity index (χ0n) is 13.1. The molecular weight excluding hydrogens is 312 g/mol. The molecule has 1 unspecified atom stereocenters. The highest BCUT2D eigenvalue weighted by Gasteiger charge is 2.22. The second-order valence-electron chi connectivity index (χ2n) is 5.79. The minimum atomic E-state index is -0.337. The van der Waals surface area contributed by atoms with E-state index in [4.69, 9.17) is 4.74 Å². The monoisotopic (exact) mass is 332 g/mol. The highest BCUT2D eigenvalue weighted by molar-refractivity contribution is 7.13. The summed E-state index contributed by atoms with van der Waals surface area (Å²) in [6.07, 6.45) is 1.05. The lowest BCUT2D eigenvalue weighted by molar-refractivity contribution is 0.0601. The third-order valence-electron chi connectivity index (χ3n) is 4.10. The number of benzene rings is 1. The lowest BCUT2D eigenvalue weighted by Gasteiger charge is -2.13. The van der Waals surface area contributed by atoms with Crippen molar-refractivity contribution in [1.29, 1.82) is 0 Å². The van der Waals surface area contributed by atoms with Gasteiger partial charge in [-0.05, 0) is 31.0 Å². The van der Waals surface area contributed by atoms with Crippen LogP contribution in [0.1, 0.15) is 22.5 Å². The van der Waals surface area contributed by atoms with E-state index in [1.807, 2.05) is 18.2 Å². The van der Waals surface area contributed by atoms with E-state index in [1.165, 1.54) is 7.11 Å². The molecule has 1 fully saturated rings. The van der Waals surface area contributed by atoms with E-state index >= 15 is 0 Å². The van der Waals surface area contributed by atoms with Crippen LogP contribution in [0.3, 0.4) is 0 Å². The maximum atomic E-state index is 11.6. The summed E-state index contributed by atoms with van der Waals surface area (Å²) in [6.45, 7) is 3.01. The van der Waals surface area contributed by atoms with E-state index in [0.717, 1.165) is 42.3 Å². The summed E-state index contributed by atoms with van der Waals surface area (Å²) in [5.41, 5.74) is 2.50. The fourth-order valence-electron chi connectivity index (χ4n) is 2.84. The van der Waals surface area contributed by atoms with Crippen molar-refractivity contribution < 1.29 is 14.6 Å². The van der Waals surface area contributed by atoms with E-state index in [0.29, 0.717) is 11.5 Å². The number of methoxy groups -OCH3 is 1. The molecule has 1 aromatic carbocycles.